The molecule has 5 heteroatoms. The fraction of sp³-hybridized carbons (Fsp3) is 0.154. The topological polar surface area (TPSA) is 69.8 Å². The average molecular weight is 257 g/mol. The van der Waals surface area contributed by atoms with Crippen LogP contribution >= 0.6 is 11.8 Å². The first-order valence-electron chi connectivity index (χ1n) is 5.37. The molecular weight excluding hydrogens is 246 g/mol. The maximum atomic E-state index is 9.71. The van der Waals surface area contributed by atoms with Gasteiger partial charge in [0.25, 0.3) is 0 Å². The van der Waals surface area contributed by atoms with Gasteiger partial charge in [-0.2, -0.15) is 5.26 Å². The summed E-state index contributed by atoms with van der Waals surface area (Å²) < 4.78 is 0. The Morgan fingerprint density at radius 2 is 2.06 bits per heavy atom. The molecule has 0 saturated heterocycles. The number of nitriles is 1. The van der Waals surface area contributed by atoms with Gasteiger partial charge in [-0.05, 0) is 42.4 Å². The molecule has 0 fully saturated rings. The summed E-state index contributed by atoms with van der Waals surface area (Å²) >= 11 is 1.34. The summed E-state index contributed by atoms with van der Waals surface area (Å²) in [5, 5.41) is 19.2. The van der Waals surface area contributed by atoms with E-state index in [0.717, 1.165) is 10.5 Å². The molecule has 90 valence electrons. The van der Waals surface area contributed by atoms with Crippen LogP contribution < -0.4 is 0 Å². The Kier molecular flexibility index (Phi) is 3.92. The van der Waals surface area contributed by atoms with Gasteiger partial charge in [-0.15, -0.1) is 0 Å². The zero-order chi connectivity index (χ0) is 13.0. The summed E-state index contributed by atoms with van der Waals surface area (Å²) in [5.74, 6) is 0. The Hall–Kier alpha value is -1.90. The third-order valence-corrected chi connectivity index (χ3v) is 3.30. The van der Waals surface area contributed by atoms with Crippen LogP contribution in [0.2, 0.25) is 0 Å². The van der Waals surface area contributed by atoms with Gasteiger partial charge in [-0.3, -0.25) is 0 Å². The largest absolute Gasteiger partial charge is 0.389 e. The molecule has 0 spiro atoms. The molecule has 0 amide bonds. The highest BCUT2D eigenvalue weighted by Crippen LogP contribution is 2.31. The van der Waals surface area contributed by atoms with E-state index in [9.17, 15) is 5.11 Å². The van der Waals surface area contributed by atoms with Gasteiger partial charge in [-0.1, -0.05) is 6.07 Å². The van der Waals surface area contributed by atoms with E-state index in [-0.39, 0.29) is 0 Å². The fourth-order valence-corrected chi connectivity index (χ4v) is 2.44. The summed E-state index contributed by atoms with van der Waals surface area (Å²) in [6.07, 6.45) is 2.72. The standard InChI is InChI=1S/C13H11N3OS/c1-9(17)11-4-3-10(8-14)7-12(11)18-13-15-5-2-6-16-13/h2-7,9,17H,1H3. The number of aromatic nitrogens is 2. The van der Waals surface area contributed by atoms with Gasteiger partial charge in [-0.25, -0.2) is 9.97 Å². The maximum absolute atomic E-state index is 9.71. The Balaban J connectivity index is 2.39. The lowest BCUT2D eigenvalue weighted by atomic mass is 10.1. The van der Waals surface area contributed by atoms with Crippen molar-refractivity contribution in [2.24, 2.45) is 0 Å². The lowest BCUT2D eigenvalue weighted by Gasteiger charge is -2.10. The lowest BCUT2D eigenvalue weighted by Crippen LogP contribution is -1.95. The third kappa shape index (κ3) is 2.86. The SMILES string of the molecule is CC(O)c1ccc(C#N)cc1Sc1ncccn1. The molecule has 2 rings (SSSR count). The van der Waals surface area contributed by atoms with E-state index in [2.05, 4.69) is 16.0 Å². The lowest BCUT2D eigenvalue weighted by molar-refractivity contribution is 0.196. The van der Waals surface area contributed by atoms with E-state index in [4.69, 9.17) is 5.26 Å². The van der Waals surface area contributed by atoms with Crippen molar-refractivity contribution in [2.75, 3.05) is 0 Å². The molecule has 0 saturated carbocycles. The minimum absolute atomic E-state index is 0.554. The van der Waals surface area contributed by atoms with Crippen molar-refractivity contribution in [2.45, 2.75) is 23.1 Å². The molecule has 1 heterocycles. The van der Waals surface area contributed by atoms with E-state index in [0.29, 0.717) is 10.7 Å². The molecule has 18 heavy (non-hydrogen) atoms. The predicted octanol–water partition coefficient (Wildman–Crippen LogP) is 2.55. The smallest absolute Gasteiger partial charge is 0.192 e. The Bertz CT molecular complexity index is 579. The van der Waals surface area contributed by atoms with Crippen molar-refractivity contribution < 1.29 is 5.11 Å². The molecule has 0 bridgehead atoms. The Labute approximate surface area is 109 Å². The van der Waals surface area contributed by atoms with Crippen molar-refractivity contribution >= 4 is 11.8 Å². The Morgan fingerprint density at radius 3 is 2.67 bits per heavy atom. The maximum Gasteiger partial charge on any atom is 0.192 e. The molecule has 0 radical (unpaired) electrons. The fourth-order valence-electron chi connectivity index (χ4n) is 1.47. The van der Waals surface area contributed by atoms with Crippen LogP contribution in [0, 0.1) is 11.3 Å². The number of aliphatic hydroxyl groups is 1. The number of nitrogens with zero attached hydrogens (tertiary/aromatic N) is 3. The van der Waals surface area contributed by atoms with Gasteiger partial charge < -0.3 is 5.11 Å². The second kappa shape index (κ2) is 5.63. The number of hydrogen-bond acceptors (Lipinski definition) is 5. The normalized spacial score (nSPS) is 11.8. The van der Waals surface area contributed by atoms with Crippen LogP contribution in [0.25, 0.3) is 0 Å². The molecule has 1 aromatic carbocycles. The van der Waals surface area contributed by atoms with Crippen molar-refractivity contribution in [3.63, 3.8) is 0 Å². The van der Waals surface area contributed by atoms with E-state index >= 15 is 0 Å². The van der Waals surface area contributed by atoms with Gasteiger partial charge in [0.1, 0.15) is 0 Å². The third-order valence-electron chi connectivity index (χ3n) is 2.34. The number of benzene rings is 1. The zero-order valence-corrected chi connectivity index (χ0v) is 10.6. The monoisotopic (exact) mass is 257 g/mol. The van der Waals surface area contributed by atoms with Crippen molar-refractivity contribution in [3.8, 4) is 6.07 Å². The minimum atomic E-state index is -0.594. The molecule has 1 atom stereocenters. The van der Waals surface area contributed by atoms with Crippen LogP contribution in [-0.4, -0.2) is 15.1 Å². The highest BCUT2D eigenvalue weighted by atomic mass is 32.2. The summed E-state index contributed by atoms with van der Waals surface area (Å²) in [4.78, 5) is 9.04. The average Bonchev–Trinajstić information content (AvgIpc) is 2.39. The van der Waals surface area contributed by atoms with E-state index < -0.39 is 6.10 Å². The highest BCUT2D eigenvalue weighted by molar-refractivity contribution is 7.99. The first kappa shape index (κ1) is 12.6. The van der Waals surface area contributed by atoms with Gasteiger partial charge in [0.15, 0.2) is 5.16 Å². The number of rotatable bonds is 3. The van der Waals surface area contributed by atoms with Crippen LogP contribution in [0.15, 0.2) is 46.7 Å². The second-order valence-electron chi connectivity index (χ2n) is 3.67. The van der Waals surface area contributed by atoms with Crippen LogP contribution in [0.1, 0.15) is 24.2 Å². The van der Waals surface area contributed by atoms with Gasteiger partial charge >= 0.3 is 0 Å². The molecule has 0 aliphatic rings. The number of hydrogen-bond donors (Lipinski definition) is 1. The second-order valence-corrected chi connectivity index (χ2v) is 4.68. The summed E-state index contributed by atoms with van der Waals surface area (Å²) in [5.41, 5.74) is 1.32. The van der Waals surface area contributed by atoms with Crippen molar-refractivity contribution in [1.29, 1.82) is 5.26 Å². The van der Waals surface area contributed by atoms with Crippen LogP contribution in [0.4, 0.5) is 0 Å². The van der Waals surface area contributed by atoms with E-state index in [1.54, 1.807) is 43.6 Å². The summed E-state index contributed by atoms with van der Waals surface area (Å²) in [6.45, 7) is 1.69. The minimum Gasteiger partial charge on any atom is -0.389 e. The molecule has 1 unspecified atom stereocenters. The molecule has 2 aromatic rings. The van der Waals surface area contributed by atoms with Gasteiger partial charge in [0, 0.05) is 17.3 Å². The van der Waals surface area contributed by atoms with Crippen molar-refractivity contribution in [1.82, 2.24) is 9.97 Å². The molecule has 0 aliphatic heterocycles. The van der Waals surface area contributed by atoms with E-state index in [1.165, 1.54) is 11.8 Å². The van der Waals surface area contributed by atoms with Crippen LogP contribution in [-0.2, 0) is 0 Å². The van der Waals surface area contributed by atoms with Crippen LogP contribution in [0.3, 0.4) is 0 Å². The predicted molar refractivity (Wildman–Crippen MR) is 67.9 cm³/mol. The molecule has 1 aromatic heterocycles. The summed E-state index contributed by atoms with van der Waals surface area (Å²) in [7, 11) is 0. The van der Waals surface area contributed by atoms with Gasteiger partial charge in [0.05, 0.1) is 17.7 Å². The van der Waals surface area contributed by atoms with Gasteiger partial charge in [0.2, 0.25) is 0 Å². The highest BCUT2D eigenvalue weighted by Gasteiger charge is 2.11. The molecule has 4 nitrogen and oxygen atoms in total. The first-order chi connectivity index (χ1) is 8.70. The number of aliphatic hydroxyl groups excluding tert-OH is 1. The summed E-state index contributed by atoms with van der Waals surface area (Å²) in [6, 6.07) is 9.01. The molecule has 1 N–H and O–H groups in total. The first-order valence-corrected chi connectivity index (χ1v) is 6.19. The molecular formula is C13H11N3OS. The molecule has 0 aliphatic carbocycles. The zero-order valence-electron chi connectivity index (χ0n) is 9.74. The van der Waals surface area contributed by atoms with Crippen LogP contribution in [0.5, 0.6) is 0 Å². The quantitative estimate of drug-likeness (QED) is 0.856. The van der Waals surface area contributed by atoms with Crippen molar-refractivity contribution in [3.05, 3.63) is 47.8 Å². The van der Waals surface area contributed by atoms with E-state index in [1.807, 2.05) is 0 Å². The Morgan fingerprint density at radius 1 is 1.33 bits per heavy atom.